The van der Waals surface area contributed by atoms with Crippen molar-refractivity contribution >= 4 is 22.6 Å². The zero-order valence-corrected chi connectivity index (χ0v) is 10.5. The molecule has 2 nitrogen and oxygen atoms in total. The number of ether oxygens (including phenoxy) is 2. The fourth-order valence-corrected chi connectivity index (χ4v) is 1.36. The van der Waals surface area contributed by atoms with Crippen molar-refractivity contribution in [1.29, 1.82) is 0 Å². The minimum atomic E-state index is 0.626. The molecule has 78 valence electrons. The maximum Gasteiger partial charge on any atom is 0.119 e. The summed E-state index contributed by atoms with van der Waals surface area (Å²) < 4.78 is 12.0. The van der Waals surface area contributed by atoms with E-state index >= 15 is 0 Å². The van der Waals surface area contributed by atoms with Crippen LogP contribution in [-0.2, 0) is 4.74 Å². The number of benzene rings is 1. The van der Waals surface area contributed by atoms with Crippen LogP contribution in [0.25, 0.3) is 0 Å². The van der Waals surface area contributed by atoms with Crippen molar-refractivity contribution in [2.45, 2.75) is 13.3 Å². The van der Waals surface area contributed by atoms with Gasteiger partial charge in [-0.2, -0.15) is 0 Å². The molecule has 0 saturated carbocycles. The van der Waals surface area contributed by atoms with Crippen LogP contribution >= 0.6 is 22.6 Å². The fourth-order valence-electron chi connectivity index (χ4n) is 0.996. The van der Waals surface area contributed by atoms with Crippen molar-refractivity contribution in [2.24, 2.45) is 0 Å². The van der Waals surface area contributed by atoms with Crippen molar-refractivity contribution < 1.29 is 9.47 Å². The Morgan fingerprint density at radius 1 is 1.07 bits per heavy atom. The largest absolute Gasteiger partial charge is 0.491 e. The molecule has 0 aliphatic heterocycles. The third-order valence-corrected chi connectivity index (χ3v) is 2.38. The molecule has 0 fully saturated rings. The Morgan fingerprint density at radius 3 is 2.43 bits per heavy atom. The first-order valence-corrected chi connectivity index (χ1v) is 5.87. The SMILES string of the molecule is CCCOCCOc1ccc(I)cc1. The highest BCUT2D eigenvalue weighted by atomic mass is 127. The van der Waals surface area contributed by atoms with Crippen molar-refractivity contribution in [3.8, 4) is 5.75 Å². The molecule has 14 heavy (non-hydrogen) atoms. The second-order valence-electron chi connectivity index (χ2n) is 2.91. The van der Waals surface area contributed by atoms with E-state index in [1.165, 1.54) is 3.57 Å². The van der Waals surface area contributed by atoms with Gasteiger partial charge in [0.2, 0.25) is 0 Å². The second kappa shape index (κ2) is 7.06. The lowest BCUT2D eigenvalue weighted by molar-refractivity contribution is 0.101. The van der Waals surface area contributed by atoms with Gasteiger partial charge in [0.15, 0.2) is 0 Å². The fraction of sp³-hybridized carbons (Fsp3) is 0.455. The molecular formula is C11H15IO2. The zero-order valence-electron chi connectivity index (χ0n) is 8.33. The first-order chi connectivity index (χ1) is 6.83. The smallest absolute Gasteiger partial charge is 0.119 e. The number of hydrogen-bond acceptors (Lipinski definition) is 2. The van der Waals surface area contributed by atoms with E-state index in [0.717, 1.165) is 18.8 Å². The van der Waals surface area contributed by atoms with Gasteiger partial charge >= 0.3 is 0 Å². The van der Waals surface area contributed by atoms with E-state index in [1.54, 1.807) is 0 Å². The monoisotopic (exact) mass is 306 g/mol. The molecule has 0 aliphatic rings. The summed E-state index contributed by atoms with van der Waals surface area (Å²) in [5.74, 6) is 0.908. The Kier molecular flexibility index (Phi) is 5.94. The van der Waals surface area contributed by atoms with Gasteiger partial charge in [-0.1, -0.05) is 6.92 Å². The Hall–Kier alpha value is -0.290. The molecule has 0 unspecified atom stereocenters. The molecule has 0 radical (unpaired) electrons. The summed E-state index contributed by atoms with van der Waals surface area (Å²) in [4.78, 5) is 0. The van der Waals surface area contributed by atoms with Crippen molar-refractivity contribution in [3.05, 3.63) is 27.8 Å². The lowest BCUT2D eigenvalue weighted by atomic mass is 10.3. The molecule has 0 saturated heterocycles. The third-order valence-electron chi connectivity index (χ3n) is 1.66. The minimum absolute atomic E-state index is 0.626. The van der Waals surface area contributed by atoms with E-state index < -0.39 is 0 Å². The van der Waals surface area contributed by atoms with Crippen LogP contribution in [0.15, 0.2) is 24.3 Å². The second-order valence-corrected chi connectivity index (χ2v) is 4.16. The Bertz CT molecular complexity index is 246. The van der Waals surface area contributed by atoms with Crippen LogP contribution in [0.2, 0.25) is 0 Å². The quantitative estimate of drug-likeness (QED) is 0.594. The minimum Gasteiger partial charge on any atom is -0.491 e. The van der Waals surface area contributed by atoms with Gasteiger partial charge in [-0.05, 0) is 53.3 Å². The van der Waals surface area contributed by atoms with E-state index in [0.29, 0.717) is 13.2 Å². The molecule has 0 aliphatic carbocycles. The Morgan fingerprint density at radius 2 is 1.79 bits per heavy atom. The lowest BCUT2D eigenvalue weighted by Crippen LogP contribution is -2.06. The molecular weight excluding hydrogens is 291 g/mol. The molecule has 0 amide bonds. The van der Waals surface area contributed by atoms with Gasteiger partial charge < -0.3 is 9.47 Å². The van der Waals surface area contributed by atoms with Crippen LogP contribution in [-0.4, -0.2) is 19.8 Å². The van der Waals surface area contributed by atoms with E-state index in [1.807, 2.05) is 24.3 Å². The number of rotatable bonds is 6. The van der Waals surface area contributed by atoms with Crippen LogP contribution in [0.1, 0.15) is 13.3 Å². The van der Waals surface area contributed by atoms with E-state index in [4.69, 9.17) is 9.47 Å². The van der Waals surface area contributed by atoms with Gasteiger partial charge in [0, 0.05) is 10.2 Å². The van der Waals surface area contributed by atoms with Crippen LogP contribution < -0.4 is 4.74 Å². The summed E-state index contributed by atoms with van der Waals surface area (Å²) in [7, 11) is 0. The van der Waals surface area contributed by atoms with Gasteiger partial charge in [-0.3, -0.25) is 0 Å². The number of hydrogen-bond donors (Lipinski definition) is 0. The first kappa shape index (κ1) is 11.8. The summed E-state index contributed by atoms with van der Waals surface area (Å²) in [6.45, 7) is 4.20. The maximum atomic E-state index is 5.48. The van der Waals surface area contributed by atoms with Crippen LogP contribution in [0, 0.1) is 3.57 Å². The summed E-state index contributed by atoms with van der Waals surface area (Å²) in [5.41, 5.74) is 0. The predicted molar refractivity (Wildman–Crippen MR) is 65.8 cm³/mol. The van der Waals surface area contributed by atoms with Crippen molar-refractivity contribution in [2.75, 3.05) is 19.8 Å². The zero-order chi connectivity index (χ0) is 10.2. The molecule has 0 spiro atoms. The molecule has 1 aromatic rings. The van der Waals surface area contributed by atoms with Crippen LogP contribution in [0.5, 0.6) is 5.75 Å². The first-order valence-electron chi connectivity index (χ1n) is 4.79. The summed E-state index contributed by atoms with van der Waals surface area (Å²) in [6.07, 6.45) is 1.06. The Balaban J connectivity index is 2.15. The normalized spacial score (nSPS) is 10.1. The molecule has 1 aromatic carbocycles. The third kappa shape index (κ3) is 4.81. The molecule has 0 aromatic heterocycles. The van der Waals surface area contributed by atoms with Gasteiger partial charge in [0.1, 0.15) is 12.4 Å². The molecule has 0 N–H and O–H groups in total. The molecule has 0 atom stereocenters. The highest BCUT2D eigenvalue weighted by Gasteiger charge is 1.93. The van der Waals surface area contributed by atoms with Crippen LogP contribution in [0.4, 0.5) is 0 Å². The maximum absolute atomic E-state index is 5.48. The Labute approximate surface area is 98.7 Å². The average Bonchev–Trinajstić information content (AvgIpc) is 2.21. The number of halogens is 1. The highest BCUT2D eigenvalue weighted by Crippen LogP contribution is 2.13. The van der Waals surface area contributed by atoms with Crippen LogP contribution in [0.3, 0.4) is 0 Å². The lowest BCUT2D eigenvalue weighted by Gasteiger charge is -2.06. The van der Waals surface area contributed by atoms with Gasteiger partial charge in [-0.15, -0.1) is 0 Å². The van der Waals surface area contributed by atoms with Gasteiger partial charge in [-0.25, -0.2) is 0 Å². The van der Waals surface area contributed by atoms with Gasteiger partial charge in [0.05, 0.1) is 6.61 Å². The molecule has 1 rings (SSSR count). The average molecular weight is 306 g/mol. The van der Waals surface area contributed by atoms with Crippen molar-refractivity contribution in [1.82, 2.24) is 0 Å². The highest BCUT2D eigenvalue weighted by molar-refractivity contribution is 14.1. The van der Waals surface area contributed by atoms with E-state index in [-0.39, 0.29) is 0 Å². The van der Waals surface area contributed by atoms with E-state index in [9.17, 15) is 0 Å². The summed E-state index contributed by atoms with van der Waals surface area (Å²) >= 11 is 2.27. The summed E-state index contributed by atoms with van der Waals surface area (Å²) in [5, 5.41) is 0. The van der Waals surface area contributed by atoms with Gasteiger partial charge in [0.25, 0.3) is 0 Å². The summed E-state index contributed by atoms with van der Waals surface area (Å²) in [6, 6.07) is 8.01. The predicted octanol–water partition coefficient (Wildman–Crippen LogP) is 3.10. The molecule has 3 heteroatoms. The van der Waals surface area contributed by atoms with Crippen molar-refractivity contribution in [3.63, 3.8) is 0 Å². The molecule has 0 bridgehead atoms. The molecule has 0 heterocycles. The topological polar surface area (TPSA) is 18.5 Å². The standard InChI is InChI=1S/C11H15IO2/c1-2-7-13-8-9-14-11-5-3-10(12)4-6-11/h3-6H,2,7-9H2,1H3. The van der Waals surface area contributed by atoms with E-state index in [2.05, 4.69) is 29.5 Å².